The van der Waals surface area contributed by atoms with Crippen molar-refractivity contribution < 1.29 is 18.3 Å². The Bertz CT molecular complexity index is 1260. The Kier molecular flexibility index (Phi) is 8.45. The third kappa shape index (κ3) is 5.65. The molecule has 4 atom stereocenters. The highest BCUT2D eigenvalue weighted by Crippen LogP contribution is 2.35. The van der Waals surface area contributed by atoms with Crippen LogP contribution in [0.15, 0.2) is 78.9 Å². The summed E-state index contributed by atoms with van der Waals surface area (Å²) in [5.41, 5.74) is 4.13. The topological polar surface area (TPSA) is 99.7 Å². The van der Waals surface area contributed by atoms with E-state index in [9.17, 15) is 13.5 Å². The number of nitrogens with one attached hydrogen (secondary N) is 3. The fourth-order valence-corrected chi connectivity index (χ4v) is 7.63. The van der Waals surface area contributed by atoms with Crippen LogP contribution in [0.2, 0.25) is 0 Å². The maximum Gasteiger partial charge on any atom is 0.171 e. The minimum Gasteiger partial charge on any atom is -0.496 e. The monoisotopic (exact) mass is 535 g/mol. The van der Waals surface area contributed by atoms with Crippen molar-refractivity contribution in [2.75, 3.05) is 32.6 Å². The molecular formula is C30H37N3O4S. The average molecular weight is 536 g/mol. The molecular weight excluding hydrogens is 498 g/mol. The van der Waals surface area contributed by atoms with Gasteiger partial charge < -0.3 is 20.5 Å². The zero-order valence-electron chi connectivity index (χ0n) is 21.7. The number of methoxy groups -OCH3 is 1. The molecule has 7 nitrogen and oxygen atoms in total. The lowest BCUT2D eigenvalue weighted by molar-refractivity contribution is 0.241. The van der Waals surface area contributed by atoms with E-state index in [0.29, 0.717) is 19.5 Å². The maximum absolute atomic E-state index is 12.6. The number of aliphatic hydroxyl groups is 1. The van der Waals surface area contributed by atoms with Crippen LogP contribution in [-0.4, -0.2) is 58.2 Å². The van der Waals surface area contributed by atoms with Gasteiger partial charge in [0.15, 0.2) is 9.84 Å². The van der Waals surface area contributed by atoms with Crippen molar-refractivity contribution in [2.45, 2.75) is 36.3 Å². The van der Waals surface area contributed by atoms with E-state index in [-0.39, 0.29) is 36.3 Å². The first-order chi connectivity index (χ1) is 18.5. The second-order valence-electron chi connectivity index (χ2n) is 10.2. The Hall–Kier alpha value is -2.75. The normalized spacial score (nSPS) is 24.6. The molecule has 2 aliphatic heterocycles. The van der Waals surface area contributed by atoms with Crippen LogP contribution in [0.4, 0.5) is 0 Å². The summed E-state index contributed by atoms with van der Waals surface area (Å²) >= 11 is 0. The first kappa shape index (κ1) is 26.8. The van der Waals surface area contributed by atoms with E-state index in [1.807, 2.05) is 30.3 Å². The van der Waals surface area contributed by atoms with Crippen molar-refractivity contribution in [2.24, 2.45) is 5.92 Å². The minimum absolute atomic E-state index is 0.0780. The quantitative estimate of drug-likeness (QED) is 0.317. The lowest BCUT2D eigenvalue weighted by Gasteiger charge is -2.32. The van der Waals surface area contributed by atoms with E-state index in [2.05, 4.69) is 64.5 Å². The Labute approximate surface area is 225 Å². The number of aliphatic hydroxyl groups excluding tert-OH is 1. The molecule has 2 heterocycles. The molecule has 4 N–H and O–H groups in total. The van der Waals surface area contributed by atoms with Crippen molar-refractivity contribution in [1.82, 2.24) is 16.0 Å². The summed E-state index contributed by atoms with van der Waals surface area (Å²) in [6, 6.07) is 26.9. The molecule has 202 valence electrons. The summed E-state index contributed by atoms with van der Waals surface area (Å²) in [7, 11) is -1.58. The largest absolute Gasteiger partial charge is 0.496 e. The smallest absolute Gasteiger partial charge is 0.171 e. The SMILES string of the molecule is COc1ccc(C2NCCS2(=O)=O)cc1CN[C@H]1[C@@H](CCO)CN[C@H]1C(c1ccccc1)c1ccccc1. The van der Waals surface area contributed by atoms with Gasteiger partial charge in [0.25, 0.3) is 0 Å². The number of rotatable bonds is 10. The predicted octanol–water partition coefficient (Wildman–Crippen LogP) is 2.97. The predicted molar refractivity (Wildman–Crippen MR) is 150 cm³/mol. The van der Waals surface area contributed by atoms with E-state index in [1.165, 1.54) is 11.1 Å². The van der Waals surface area contributed by atoms with Crippen LogP contribution in [0.5, 0.6) is 5.75 Å². The Morgan fingerprint density at radius 1 is 1.00 bits per heavy atom. The summed E-state index contributed by atoms with van der Waals surface area (Å²) < 4.78 is 30.8. The second-order valence-corrected chi connectivity index (χ2v) is 12.4. The number of hydrogen-bond acceptors (Lipinski definition) is 7. The number of ether oxygens (including phenoxy) is 1. The van der Waals surface area contributed by atoms with Gasteiger partial charge in [0.05, 0.1) is 12.9 Å². The van der Waals surface area contributed by atoms with Crippen LogP contribution in [0.1, 0.15) is 40.0 Å². The van der Waals surface area contributed by atoms with Gasteiger partial charge in [-0.2, -0.15) is 0 Å². The third-order valence-electron chi connectivity index (χ3n) is 7.90. The molecule has 0 amide bonds. The molecule has 0 aromatic heterocycles. The molecule has 3 aromatic rings. The number of hydrogen-bond donors (Lipinski definition) is 4. The van der Waals surface area contributed by atoms with Gasteiger partial charge in [0.2, 0.25) is 0 Å². The van der Waals surface area contributed by atoms with Crippen LogP contribution >= 0.6 is 0 Å². The summed E-state index contributed by atoms with van der Waals surface area (Å²) in [5, 5.41) is 19.8. The van der Waals surface area contributed by atoms with Crippen LogP contribution in [0, 0.1) is 5.92 Å². The average Bonchev–Trinajstić information content (AvgIpc) is 3.50. The van der Waals surface area contributed by atoms with Crippen molar-refractivity contribution >= 4 is 9.84 Å². The lowest BCUT2D eigenvalue weighted by atomic mass is 9.80. The fraction of sp³-hybridized carbons (Fsp3) is 0.400. The van der Waals surface area contributed by atoms with Gasteiger partial charge in [0, 0.05) is 43.3 Å². The van der Waals surface area contributed by atoms with E-state index in [4.69, 9.17) is 4.74 Å². The highest BCUT2D eigenvalue weighted by atomic mass is 32.2. The molecule has 2 aliphatic rings. The lowest BCUT2D eigenvalue weighted by Crippen LogP contribution is -2.46. The maximum atomic E-state index is 12.6. The van der Waals surface area contributed by atoms with Gasteiger partial charge in [0.1, 0.15) is 11.1 Å². The van der Waals surface area contributed by atoms with E-state index < -0.39 is 15.2 Å². The Morgan fingerprint density at radius 3 is 2.26 bits per heavy atom. The molecule has 8 heteroatoms. The zero-order chi connectivity index (χ0) is 26.5. The zero-order valence-corrected chi connectivity index (χ0v) is 22.5. The molecule has 2 saturated heterocycles. The fourth-order valence-electron chi connectivity index (χ4n) is 6.06. The molecule has 0 aliphatic carbocycles. The van der Waals surface area contributed by atoms with Gasteiger partial charge in [-0.3, -0.25) is 5.32 Å². The van der Waals surface area contributed by atoms with Crippen LogP contribution in [0.3, 0.4) is 0 Å². The van der Waals surface area contributed by atoms with Gasteiger partial charge in [-0.05, 0) is 47.7 Å². The molecule has 0 bridgehead atoms. The molecule has 3 aromatic carbocycles. The van der Waals surface area contributed by atoms with Gasteiger partial charge >= 0.3 is 0 Å². The van der Waals surface area contributed by atoms with Crippen molar-refractivity contribution in [3.05, 3.63) is 101 Å². The van der Waals surface area contributed by atoms with Crippen molar-refractivity contribution in [3.8, 4) is 5.75 Å². The summed E-state index contributed by atoms with van der Waals surface area (Å²) in [4.78, 5) is 0. The molecule has 38 heavy (non-hydrogen) atoms. The highest BCUT2D eigenvalue weighted by molar-refractivity contribution is 7.91. The third-order valence-corrected chi connectivity index (χ3v) is 9.83. The molecule has 1 unspecified atom stereocenters. The Morgan fingerprint density at radius 2 is 1.68 bits per heavy atom. The van der Waals surface area contributed by atoms with Gasteiger partial charge in [-0.15, -0.1) is 0 Å². The van der Waals surface area contributed by atoms with E-state index in [0.717, 1.165) is 23.4 Å². The van der Waals surface area contributed by atoms with E-state index >= 15 is 0 Å². The summed E-state index contributed by atoms with van der Waals surface area (Å²) in [6.07, 6.45) is 0.693. The second kappa shape index (κ2) is 12.0. The van der Waals surface area contributed by atoms with Crippen molar-refractivity contribution in [1.29, 1.82) is 0 Å². The van der Waals surface area contributed by atoms with E-state index in [1.54, 1.807) is 7.11 Å². The van der Waals surface area contributed by atoms with Crippen LogP contribution < -0.4 is 20.7 Å². The first-order valence-corrected chi connectivity index (χ1v) is 15.0. The first-order valence-electron chi connectivity index (χ1n) is 13.3. The highest BCUT2D eigenvalue weighted by Gasteiger charge is 2.41. The molecule has 0 spiro atoms. The summed E-state index contributed by atoms with van der Waals surface area (Å²) in [6.45, 7) is 1.92. The van der Waals surface area contributed by atoms with Crippen LogP contribution in [-0.2, 0) is 16.4 Å². The molecule has 0 saturated carbocycles. The molecule has 2 fully saturated rings. The van der Waals surface area contributed by atoms with Crippen molar-refractivity contribution in [3.63, 3.8) is 0 Å². The molecule has 0 radical (unpaired) electrons. The van der Waals surface area contributed by atoms with Crippen LogP contribution in [0.25, 0.3) is 0 Å². The summed E-state index contributed by atoms with van der Waals surface area (Å²) in [5.74, 6) is 1.24. The van der Waals surface area contributed by atoms with Gasteiger partial charge in [-0.1, -0.05) is 66.7 Å². The Balaban J connectivity index is 1.45. The van der Waals surface area contributed by atoms with Gasteiger partial charge in [-0.25, -0.2) is 8.42 Å². The standard InChI is InChI=1S/C30H37N3O4S/c1-37-26-13-12-23(30-31-15-17-38(30,35)36)18-25(26)20-32-28-24(14-16-34)19-33-29(28)27(21-8-4-2-5-9-21)22-10-6-3-7-11-22/h2-13,18,24,27-34H,14-17,19-20H2,1H3/t24-,28-,29-,30?/m0/s1. The molecule has 5 rings (SSSR count). The number of benzene rings is 3. The minimum atomic E-state index is -3.21. The number of sulfone groups is 1.